The van der Waals surface area contributed by atoms with Crippen molar-refractivity contribution < 1.29 is 9.52 Å². The average Bonchev–Trinajstić information content (AvgIpc) is 2.48. The Bertz CT molecular complexity index is 203. The van der Waals surface area contributed by atoms with Crippen LogP contribution < -0.4 is 0 Å². The second-order valence-corrected chi connectivity index (χ2v) is 2.60. The third-order valence-electron chi connectivity index (χ3n) is 1.68. The molecule has 0 aromatic carbocycles. The van der Waals surface area contributed by atoms with Crippen LogP contribution in [0.25, 0.3) is 0 Å². The lowest BCUT2D eigenvalue weighted by molar-refractivity contribution is 0.288. The number of rotatable bonds is 4. The first-order chi connectivity index (χ1) is 5.36. The van der Waals surface area contributed by atoms with Crippen LogP contribution in [0.2, 0.25) is 0 Å². The SMILES string of the molecule is CCc1cc(CCCO)co1. The van der Waals surface area contributed by atoms with Gasteiger partial charge in [0.25, 0.3) is 0 Å². The van der Waals surface area contributed by atoms with Crippen LogP contribution in [-0.2, 0) is 12.8 Å². The molecule has 1 N–H and O–H groups in total. The smallest absolute Gasteiger partial charge is 0.103 e. The van der Waals surface area contributed by atoms with Gasteiger partial charge in [0.1, 0.15) is 5.76 Å². The summed E-state index contributed by atoms with van der Waals surface area (Å²) in [5, 5.41) is 8.56. The second-order valence-electron chi connectivity index (χ2n) is 2.60. The van der Waals surface area contributed by atoms with Crippen molar-refractivity contribution >= 4 is 0 Å². The van der Waals surface area contributed by atoms with Crippen molar-refractivity contribution in [2.45, 2.75) is 26.2 Å². The van der Waals surface area contributed by atoms with E-state index in [9.17, 15) is 0 Å². The average molecular weight is 154 g/mol. The first kappa shape index (κ1) is 8.34. The Kier molecular flexibility index (Phi) is 3.17. The fourth-order valence-electron chi connectivity index (χ4n) is 1.03. The quantitative estimate of drug-likeness (QED) is 0.717. The molecule has 1 heterocycles. The molecule has 0 aliphatic rings. The summed E-state index contributed by atoms with van der Waals surface area (Å²) < 4.78 is 5.23. The Morgan fingerprint density at radius 2 is 2.36 bits per heavy atom. The first-order valence-electron chi connectivity index (χ1n) is 4.04. The summed E-state index contributed by atoms with van der Waals surface area (Å²) in [6, 6.07) is 2.05. The second kappa shape index (κ2) is 4.19. The van der Waals surface area contributed by atoms with E-state index in [0.717, 1.165) is 25.0 Å². The predicted octanol–water partition coefficient (Wildman–Crippen LogP) is 1.77. The van der Waals surface area contributed by atoms with E-state index >= 15 is 0 Å². The van der Waals surface area contributed by atoms with Gasteiger partial charge in [0.05, 0.1) is 6.26 Å². The molecule has 1 aromatic heterocycles. The number of aliphatic hydroxyl groups excluding tert-OH is 1. The van der Waals surface area contributed by atoms with Crippen molar-refractivity contribution in [1.82, 2.24) is 0 Å². The molecule has 0 radical (unpaired) electrons. The molecule has 2 heteroatoms. The first-order valence-corrected chi connectivity index (χ1v) is 4.04. The van der Waals surface area contributed by atoms with Crippen LogP contribution in [0.4, 0.5) is 0 Å². The van der Waals surface area contributed by atoms with Crippen LogP contribution in [0.15, 0.2) is 16.7 Å². The van der Waals surface area contributed by atoms with E-state index in [1.54, 1.807) is 6.26 Å². The molecule has 0 amide bonds. The Labute approximate surface area is 66.8 Å². The van der Waals surface area contributed by atoms with Crippen LogP contribution in [0.1, 0.15) is 24.7 Å². The van der Waals surface area contributed by atoms with Gasteiger partial charge in [-0.3, -0.25) is 0 Å². The van der Waals surface area contributed by atoms with Gasteiger partial charge >= 0.3 is 0 Å². The van der Waals surface area contributed by atoms with Crippen LogP contribution in [0.3, 0.4) is 0 Å². The third-order valence-corrected chi connectivity index (χ3v) is 1.68. The molecular weight excluding hydrogens is 140 g/mol. The van der Waals surface area contributed by atoms with Gasteiger partial charge in [-0.25, -0.2) is 0 Å². The topological polar surface area (TPSA) is 33.4 Å². The maximum Gasteiger partial charge on any atom is 0.103 e. The molecule has 0 saturated carbocycles. The molecule has 0 bridgehead atoms. The molecule has 11 heavy (non-hydrogen) atoms. The Morgan fingerprint density at radius 3 is 2.91 bits per heavy atom. The number of aliphatic hydroxyl groups is 1. The lowest BCUT2D eigenvalue weighted by atomic mass is 10.2. The number of furan rings is 1. The summed E-state index contributed by atoms with van der Waals surface area (Å²) in [4.78, 5) is 0. The van der Waals surface area contributed by atoms with E-state index < -0.39 is 0 Å². The van der Waals surface area contributed by atoms with Crippen LogP contribution in [0, 0.1) is 0 Å². The van der Waals surface area contributed by atoms with Crippen molar-refractivity contribution in [3.63, 3.8) is 0 Å². The van der Waals surface area contributed by atoms with Gasteiger partial charge in [-0.2, -0.15) is 0 Å². The molecule has 0 saturated heterocycles. The summed E-state index contributed by atoms with van der Waals surface area (Å²) >= 11 is 0. The monoisotopic (exact) mass is 154 g/mol. The lowest BCUT2D eigenvalue weighted by Crippen LogP contribution is -1.86. The van der Waals surface area contributed by atoms with Crippen molar-refractivity contribution in [2.75, 3.05) is 6.61 Å². The molecular formula is C9H14O2. The zero-order chi connectivity index (χ0) is 8.10. The summed E-state index contributed by atoms with van der Waals surface area (Å²) in [6.45, 7) is 2.32. The highest BCUT2D eigenvalue weighted by molar-refractivity contribution is 5.12. The lowest BCUT2D eigenvalue weighted by Gasteiger charge is -1.89. The molecule has 0 aliphatic heterocycles. The van der Waals surface area contributed by atoms with Crippen LogP contribution in [-0.4, -0.2) is 11.7 Å². The van der Waals surface area contributed by atoms with Crippen molar-refractivity contribution in [3.8, 4) is 0 Å². The van der Waals surface area contributed by atoms with Gasteiger partial charge in [0.2, 0.25) is 0 Å². The van der Waals surface area contributed by atoms with Gasteiger partial charge in [-0.1, -0.05) is 6.92 Å². The minimum Gasteiger partial charge on any atom is -0.469 e. The zero-order valence-electron chi connectivity index (χ0n) is 6.84. The molecule has 2 nitrogen and oxygen atoms in total. The number of aryl methyl sites for hydroxylation is 2. The van der Waals surface area contributed by atoms with E-state index in [1.807, 2.05) is 0 Å². The highest BCUT2D eigenvalue weighted by atomic mass is 16.3. The van der Waals surface area contributed by atoms with E-state index in [-0.39, 0.29) is 6.61 Å². The minimum atomic E-state index is 0.257. The molecule has 0 aliphatic carbocycles. The minimum absolute atomic E-state index is 0.257. The largest absolute Gasteiger partial charge is 0.469 e. The summed E-state index contributed by atoms with van der Waals surface area (Å²) in [6.07, 6.45) is 4.45. The summed E-state index contributed by atoms with van der Waals surface area (Å²) in [7, 11) is 0. The molecule has 1 aromatic rings. The highest BCUT2D eigenvalue weighted by Gasteiger charge is 1.98. The van der Waals surface area contributed by atoms with Gasteiger partial charge in [0, 0.05) is 13.0 Å². The third kappa shape index (κ3) is 2.39. The molecule has 1 rings (SSSR count). The van der Waals surface area contributed by atoms with E-state index in [2.05, 4.69) is 13.0 Å². The number of hydrogen-bond donors (Lipinski definition) is 1. The van der Waals surface area contributed by atoms with Gasteiger partial charge in [-0.05, 0) is 24.5 Å². The molecule has 0 atom stereocenters. The van der Waals surface area contributed by atoms with Crippen molar-refractivity contribution in [1.29, 1.82) is 0 Å². The molecule has 0 spiro atoms. The Hall–Kier alpha value is -0.760. The maximum absolute atomic E-state index is 8.56. The fraction of sp³-hybridized carbons (Fsp3) is 0.556. The van der Waals surface area contributed by atoms with Crippen molar-refractivity contribution in [3.05, 3.63) is 23.7 Å². The summed E-state index contributed by atoms with van der Waals surface area (Å²) in [5.41, 5.74) is 1.19. The normalized spacial score (nSPS) is 10.4. The van der Waals surface area contributed by atoms with E-state index in [0.29, 0.717) is 0 Å². The molecule has 0 fully saturated rings. The highest BCUT2D eigenvalue weighted by Crippen LogP contribution is 2.09. The fourth-order valence-corrected chi connectivity index (χ4v) is 1.03. The van der Waals surface area contributed by atoms with Gasteiger partial charge in [-0.15, -0.1) is 0 Å². The summed E-state index contributed by atoms with van der Waals surface area (Å²) in [5.74, 6) is 1.03. The van der Waals surface area contributed by atoms with E-state index in [4.69, 9.17) is 9.52 Å². The predicted molar refractivity (Wildman–Crippen MR) is 43.5 cm³/mol. The number of hydrogen-bond acceptors (Lipinski definition) is 2. The van der Waals surface area contributed by atoms with E-state index in [1.165, 1.54) is 5.56 Å². The van der Waals surface area contributed by atoms with Crippen LogP contribution in [0.5, 0.6) is 0 Å². The van der Waals surface area contributed by atoms with Gasteiger partial charge < -0.3 is 9.52 Å². The zero-order valence-corrected chi connectivity index (χ0v) is 6.84. The van der Waals surface area contributed by atoms with Gasteiger partial charge in [0.15, 0.2) is 0 Å². The molecule has 62 valence electrons. The maximum atomic E-state index is 8.56. The van der Waals surface area contributed by atoms with Crippen molar-refractivity contribution in [2.24, 2.45) is 0 Å². The Balaban J connectivity index is 2.44. The Morgan fingerprint density at radius 1 is 1.55 bits per heavy atom. The standard InChI is InChI=1S/C9H14O2/c1-2-9-6-8(7-11-9)4-3-5-10/h6-7,10H,2-5H2,1H3. The van der Waals surface area contributed by atoms with Crippen LogP contribution >= 0.6 is 0 Å². The molecule has 0 unspecified atom stereocenters.